The molecular weight excluding hydrogens is 160 g/mol. The fourth-order valence-corrected chi connectivity index (χ4v) is 2.96. The van der Waals surface area contributed by atoms with Crippen molar-refractivity contribution < 1.29 is 0 Å². The predicted octanol–water partition coefficient (Wildman–Crippen LogP) is 1.47. The third-order valence-electron chi connectivity index (χ3n) is 3.75. The first-order valence-corrected chi connectivity index (χ1v) is 5.78. The van der Waals surface area contributed by atoms with Crippen LogP contribution in [0.3, 0.4) is 0 Å². The molecular formula is C11H22N2. The predicted molar refractivity (Wildman–Crippen MR) is 55.9 cm³/mol. The summed E-state index contributed by atoms with van der Waals surface area (Å²) in [5, 5.41) is 3.56. The zero-order valence-electron chi connectivity index (χ0n) is 8.81. The summed E-state index contributed by atoms with van der Waals surface area (Å²) in [5.41, 5.74) is 0.645. The molecule has 1 spiro atoms. The van der Waals surface area contributed by atoms with E-state index in [0.29, 0.717) is 5.41 Å². The number of rotatable bonds is 1. The van der Waals surface area contributed by atoms with E-state index in [4.69, 9.17) is 0 Å². The summed E-state index contributed by atoms with van der Waals surface area (Å²) in [6, 6.07) is 0. The topological polar surface area (TPSA) is 15.3 Å². The highest BCUT2D eigenvalue weighted by Gasteiger charge is 2.35. The highest BCUT2D eigenvalue weighted by molar-refractivity contribution is 4.91. The molecule has 0 aromatic rings. The van der Waals surface area contributed by atoms with E-state index in [9.17, 15) is 0 Å². The van der Waals surface area contributed by atoms with Crippen LogP contribution in [-0.4, -0.2) is 37.6 Å². The number of nitrogens with zero attached hydrogens (tertiary/aromatic N) is 1. The van der Waals surface area contributed by atoms with Crippen LogP contribution >= 0.6 is 0 Å². The lowest BCUT2D eigenvalue weighted by Crippen LogP contribution is -2.50. The average molecular weight is 182 g/mol. The van der Waals surface area contributed by atoms with E-state index < -0.39 is 0 Å². The van der Waals surface area contributed by atoms with Crippen molar-refractivity contribution in [3.8, 4) is 0 Å². The van der Waals surface area contributed by atoms with E-state index in [1.54, 1.807) is 0 Å². The van der Waals surface area contributed by atoms with Crippen LogP contribution < -0.4 is 5.32 Å². The summed E-state index contributed by atoms with van der Waals surface area (Å²) in [6.45, 7) is 8.71. The van der Waals surface area contributed by atoms with Crippen LogP contribution in [-0.2, 0) is 0 Å². The Morgan fingerprint density at radius 3 is 2.85 bits per heavy atom. The van der Waals surface area contributed by atoms with E-state index in [1.165, 1.54) is 58.4 Å². The van der Waals surface area contributed by atoms with Crippen LogP contribution in [0.4, 0.5) is 0 Å². The molecule has 0 bridgehead atoms. The molecule has 2 nitrogen and oxygen atoms in total. The quantitative estimate of drug-likeness (QED) is 0.660. The van der Waals surface area contributed by atoms with Crippen molar-refractivity contribution in [2.24, 2.45) is 5.41 Å². The Hall–Kier alpha value is -0.0800. The zero-order chi connectivity index (χ0) is 9.15. The fraction of sp³-hybridized carbons (Fsp3) is 1.00. The van der Waals surface area contributed by atoms with E-state index in [-0.39, 0.29) is 0 Å². The molecule has 0 amide bonds. The van der Waals surface area contributed by atoms with Gasteiger partial charge in [-0.3, -0.25) is 0 Å². The van der Waals surface area contributed by atoms with Gasteiger partial charge in [0.25, 0.3) is 0 Å². The van der Waals surface area contributed by atoms with Gasteiger partial charge in [-0.1, -0.05) is 6.92 Å². The Morgan fingerprint density at radius 2 is 2.15 bits per heavy atom. The van der Waals surface area contributed by atoms with Gasteiger partial charge in [0, 0.05) is 13.1 Å². The first-order chi connectivity index (χ1) is 6.35. The third kappa shape index (κ3) is 2.05. The monoisotopic (exact) mass is 182 g/mol. The Bertz CT molecular complexity index is 156. The van der Waals surface area contributed by atoms with E-state index in [2.05, 4.69) is 17.1 Å². The fourth-order valence-electron chi connectivity index (χ4n) is 2.96. The maximum absolute atomic E-state index is 3.56. The molecule has 0 unspecified atom stereocenters. The van der Waals surface area contributed by atoms with Crippen molar-refractivity contribution in [3.05, 3.63) is 0 Å². The third-order valence-corrected chi connectivity index (χ3v) is 3.75. The van der Waals surface area contributed by atoms with Gasteiger partial charge in [-0.25, -0.2) is 0 Å². The molecule has 76 valence electrons. The highest BCUT2D eigenvalue weighted by Crippen LogP contribution is 2.35. The van der Waals surface area contributed by atoms with Crippen molar-refractivity contribution in [2.45, 2.75) is 32.6 Å². The van der Waals surface area contributed by atoms with Gasteiger partial charge in [0.05, 0.1) is 0 Å². The van der Waals surface area contributed by atoms with Gasteiger partial charge >= 0.3 is 0 Å². The van der Waals surface area contributed by atoms with Gasteiger partial charge < -0.3 is 10.2 Å². The molecule has 13 heavy (non-hydrogen) atoms. The van der Waals surface area contributed by atoms with Crippen LogP contribution in [0.5, 0.6) is 0 Å². The molecule has 1 atom stereocenters. The normalized spacial score (nSPS) is 36.7. The number of likely N-dealkylation sites (tertiary alicyclic amines) is 1. The molecule has 0 saturated carbocycles. The standard InChI is InChI=1S/C11H22N2/c1-2-13-8-4-6-11(10-13)5-3-7-12-9-11/h12H,2-10H2,1H3/t11-/m0/s1. The summed E-state index contributed by atoms with van der Waals surface area (Å²) in [6.07, 6.45) is 5.71. The molecule has 2 heteroatoms. The van der Waals surface area contributed by atoms with Crippen molar-refractivity contribution in [1.82, 2.24) is 10.2 Å². The largest absolute Gasteiger partial charge is 0.316 e. The first kappa shape index (κ1) is 9.47. The van der Waals surface area contributed by atoms with Crippen molar-refractivity contribution in [3.63, 3.8) is 0 Å². The summed E-state index contributed by atoms with van der Waals surface area (Å²) in [4.78, 5) is 2.62. The van der Waals surface area contributed by atoms with E-state index in [1.807, 2.05) is 0 Å². The summed E-state index contributed by atoms with van der Waals surface area (Å²) < 4.78 is 0. The molecule has 0 aromatic heterocycles. The SMILES string of the molecule is CCN1CCC[C@]2(CCCNC2)C1. The molecule has 0 radical (unpaired) electrons. The van der Waals surface area contributed by atoms with Gasteiger partial charge in [0.1, 0.15) is 0 Å². The minimum Gasteiger partial charge on any atom is -0.316 e. The van der Waals surface area contributed by atoms with E-state index >= 15 is 0 Å². The lowest BCUT2D eigenvalue weighted by Gasteiger charge is -2.45. The van der Waals surface area contributed by atoms with Crippen LogP contribution in [0.25, 0.3) is 0 Å². The molecule has 2 aliphatic heterocycles. The van der Waals surface area contributed by atoms with Gasteiger partial charge in [-0.2, -0.15) is 0 Å². The van der Waals surface area contributed by atoms with Crippen molar-refractivity contribution in [2.75, 3.05) is 32.7 Å². The average Bonchev–Trinajstić information content (AvgIpc) is 2.19. The highest BCUT2D eigenvalue weighted by atomic mass is 15.1. The lowest BCUT2D eigenvalue weighted by atomic mass is 9.74. The second-order valence-electron chi connectivity index (χ2n) is 4.75. The Labute approximate surface area is 81.7 Å². The second-order valence-corrected chi connectivity index (χ2v) is 4.75. The molecule has 0 aromatic carbocycles. The van der Waals surface area contributed by atoms with Gasteiger partial charge in [0.2, 0.25) is 0 Å². The summed E-state index contributed by atoms with van der Waals surface area (Å²) >= 11 is 0. The Morgan fingerprint density at radius 1 is 1.31 bits per heavy atom. The molecule has 2 aliphatic rings. The number of nitrogens with one attached hydrogen (secondary N) is 1. The van der Waals surface area contributed by atoms with Gasteiger partial charge in [0.15, 0.2) is 0 Å². The molecule has 1 N–H and O–H groups in total. The molecule has 2 saturated heterocycles. The maximum Gasteiger partial charge on any atom is 0.00500 e. The smallest absolute Gasteiger partial charge is 0.00500 e. The van der Waals surface area contributed by atoms with Crippen molar-refractivity contribution in [1.29, 1.82) is 0 Å². The number of piperidine rings is 2. The van der Waals surface area contributed by atoms with Crippen molar-refractivity contribution >= 4 is 0 Å². The zero-order valence-corrected chi connectivity index (χ0v) is 8.81. The summed E-state index contributed by atoms with van der Waals surface area (Å²) in [7, 11) is 0. The van der Waals surface area contributed by atoms with Crippen LogP contribution in [0.1, 0.15) is 32.6 Å². The maximum atomic E-state index is 3.56. The van der Waals surface area contributed by atoms with Gasteiger partial charge in [-0.15, -0.1) is 0 Å². The Balaban J connectivity index is 1.95. The molecule has 0 aliphatic carbocycles. The second kappa shape index (κ2) is 3.97. The minimum absolute atomic E-state index is 0.645. The number of hydrogen-bond donors (Lipinski definition) is 1. The van der Waals surface area contributed by atoms with Crippen LogP contribution in [0.2, 0.25) is 0 Å². The molecule has 2 heterocycles. The lowest BCUT2D eigenvalue weighted by molar-refractivity contribution is 0.0681. The first-order valence-electron chi connectivity index (χ1n) is 5.78. The van der Waals surface area contributed by atoms with Gasteiger partial charge in [-0.05, 0) is 50.7 Å². The van der Waals surface area contributed by atoms with Crippen LogP contribution in [0.15, 0.2) is 0 Å². The van der Waals surface area contributed by atoms with Crippen LogP contribution in [0, 0.1) is 5.41 Å². The Kier molecular flexibility index (Phi) is 2.89. The summed E-state index contributed by atoms with van der Waals surface area (Å²) in [5.74, 6) is 0. The number of hydrogen-bond acceptors (Lipinski definition) is 2. The molecule has 2 rings (SSSR count). The minimum atomic E-state index is 0.645. The molecule has 2 fully saturated rings. The van der Waals surface area contributed by atoms with E-state index in [0.717, 1.165) is 0 Å².